The molecule has 0 aromatic heterocycles. The Bertz CT molecular complexity index is 1080. The van der Waals surface area contributed by atoms with Gasteiger partial charge in [-0.3, -0.25) is 33.5 Å². The molecule has 1 aromatic carbocycles. The molecule has 0 amide bonds. The standard InChI is InChI=1S/C29H47N2O12P/c1-5-6-7-8-9-10-11-13-27(32)39-22-26(23-41-44(37,38)40-21-20-31(2,3)4)43-29(34)15-12-14-28(33)42-25-18-16-24(17-19-25)30(35)36/h16-19,26H,5-15,20-23H2,1-4H3/p+1/t26-/m0/s1. The zero-order chi connectivity index (χ0) is 33.0. The molecule has 1 aromatic rings. The summed E-state index contributed by atoms with van der Waals surface area (Å²) in [6.45, 7) is 1.59. The molecule has 44 heavy (non-hydrogen) atoms. The first-order valence-corrected chi connectivity index (χ1v) is 16.4. The Labute approximate surface area is 259 Å². The molecule has 0 aliphatic rings. The van der Waals surface area contributed by atoms with Gasteiger partial charge in [-0.15, -0.1) is 0 Å². The van der Waals surface area contributed by atoms with E-state index in [-0.39, 0.29) is 50.3 Å². The number of nitro groups is 1. The summed E-state index contributed by atoms with van der Waals surface area (Å²) < 4.78 is 38.5. The number of carbonyl (C=O) groups excluding carboxylic acids is 3. The van der Waals surface area contributed by atoms with Gasteiger partial charge in [0.25, 0.3) is 5.69 Å². The summed E-state index contributed by atoms with van der Waals surface area (Å²) in [6, 6.07) is 4.97. The number of rotatable bonds is 24. The minimum atomic E-state index is -4.47. The fourth-order valence-electron chi connectivity index (χ4n) is 3.69. The molecule has 0 fully saturated rings. The van der Waals surface area contributed by atoms with Gasteiger partial charge < -0.3 is 23.6 Å². The van der Waals surface area contributed by atoms with E-state index in [0.717, 1.165) is 25.7 Å². The van der Waals surface area contributed by atoms with Gasteiger partial charge in [0.2, 0.25) is 0 Å². The summed E-state index contributed by atoms with van der Waals surface area (Å²) in [4.78, 5) is 57.0. The molecule has 0 spiro atoms. The van der Waals surface area contributed by atoms with Gasteiger partial charge in [-0.1, -0.05) is 45.4 Å². The molecular weight excluding hydrogens is 599 g/mol. The Hall–Kier alpha value is -2.90. The second-order valence-corrected chi connectivity index (χ2v) is 12.8. The van der Waals surface area contributed by atoms with Crippen molar-refractivity contribution in [2.24, 2.45) is 0 Å². The van der Waals surface area contributed by atoms with Crippen molar-refractivity contribution < 1.29 is 56.5 Å². The number of nitro benzene ring substituents is 1. The number of ether oxygens (including phenoxy) is 3. The van der Waals surface area contributed by atoms with E-state index >= 15 is 0 Å². The van der Waals surface area contributed by atoms with Crippen LogP contribution in [0.5, 0.6) is 5.75 Å². The van der Waals surface area contributed by atoms with E-state index < -0.39 is 43.4 Å². The number of phosphoric acid groups is 1. The number of nitrogens with zero attached hydrogens (tertiary/aromatic N) is 2. The Morgan fingerprint density at radius 3 is 2.07 bits per heavy atom. The second-order valence-electron chi connectivity index (χ2n) is 11.4. The number of carbonyl (C=O) groups is 3. The highest BCUT2D eigenvalue weighted by atomic mass is 31.2. The fourth-order valence-corrected chi connectivity index (χ4v) is 4.43. The van der Waals surface area contributed by atoms with E-state index in [1.807, 2.05) is 21.1 Å². The Morgan fingerprint density at radius 1 is 0.864 bits per heavy atom. The molecule has 0 bridgehead atoms. The van der Waals surface area contributed by atoms with Crippen molar-refractivity contribution in [3.8, 4) is 5.75 Å². The number of non-ortho nitro benzene ring substituents is 1. The van der Waals surface area contributed by atoms with Crippen LogP contribution in [-0.4, -0.2) is 85.8 Å². The molecule has 15 heteroatoms. The first-order chi connectivity index (χ1) is 20.7. The summed E-state index contributed by atoms with van der Waals surface area (Å²) in [7, 11) is 1.19. The average molecular weight is 648 g/mol. The monoisotopic (exact) mass is 647 g/mol. The van der Waals surface area contributed by atoms with Gasteiger partial charge in [0, 0.05) is 31.4 Å². The lowest BCUT2D eigenvalue weighted by molar-refractivity contribution is -0.870. The van der Waals surface area contributed by atoms with Crippen molar-refractivity contribution in [1.82, 2.24) is 0 Å². The van der Waals surface area contributed by atoms with E-state index in [2.05, 4.69) is 6.92 Å². The molecule has 0 radical (unpaired) electrons. The fraction of sp³-hybridized carbons (Fsp3) is 0.690. The minimum Gasteiger partial charge on any atom is -0.462 e. The Balaban J connectivity index is 2.57. The van der Waals surface area contributed by atoms with Gasteiger partial charge in [0.1, 0.15) is 25.5 Å². The highest BCUT2D eigenvalue weighted by Gasteiger charge is 2.27. The van der Waals surface area contributed by atoms with E-state index in [0.29, 0.717) is 17.4 Å². The minimum absolute atomic E-state index is 0.0505. The summed E-state index contributed by atoms with van der Waals surface area (Å²) in [5.41, 5.74) is -0.150. The van der Waals surface area contributed by atoms with Crippen molar-refractivity contribution in [1.29, 1.82) is 0 Å². The number of hydrogen-bond donors (Lipinski definition) is 1. The third-order valence-corrected chi connectivity index (χ3v) is 7.18. The molecule has 1 N–H and O–H groups in total. The quantitative estimate of drug-likeness (QED) is 0.0299. The highest BCUT2D eigenvalue weighted by molar-refractivity contribution is 7.47. The van der Waals surface area contributed by atoms with Gasteiger partial charge in [-0.2, -0.15) is 0 Å². The van der Waals surface area contributed by atoms with Crippen molar-refractivity contribution in [2.45, 2.75) is 83.7 Å². The number of unbranched alkanes of at least 4 members (excludes halogenated alkanes) is 6. The van der Waals surface area contributed by atoms with E-state index in [4.69, 9.17) is 23.3 Å². The third kappa shape index (κ3) is 20.1. The molecule has 250 valence electrons. The van der Waals surface area contributed by atoms with Gasteiger partial charge in [0.05, 0.1) is 32.7 Å². The smallest absolute Gasteiger partial charge is 0.462 e. The molecule has 2 atom stereocenters. The van der Waals surface area contributed by atoms with E-state index in [1.54, 1.807) is 0 Å². The van der Waals surface area contributed by atoms with Gasteiger partial charge in [-0.05, 0) is 25.0 Å². The zero-order valence-corrected chi connectivity index (χ0v) is 27.2. The lowest BCUT2D eigenvalue weighted by Gasteiger charge is -2.24. The Morgan fingerprint density at radius 2 is 1.45 bits per heavy atom. The summed E-state index contributed by atoms with van der Waals surface area (Å²) in [5, 5.41) is 10.7. The van der Waals surface area contributed by atoms with Crippen molar-refractivity contribution in [2.75, 3.05) is 47.5 Å². The normalized spacial score (nSPS) is 13.5. The molecule has 0 aliphatic heterocycles. The molecule has 0 saturated heterocycles. The molecule has 1 rings (SSSR count). The molecule has 0 heterocycles. The predicted molar refractivity (Wildman–Crippen MR) is 161 cm³/mol. The molecule has 0 saturated carbocycles. The second kappa shape index (κ2) is 20.9. The maximum absolute atomic E-state index is 12.5. The first-order valence-electron chi connectivity index (χ1n) is 14.9. The van der Waals surface area contributed by atoms with Gasteiger partial charge in [-0.25, -0.2) is 4.57 Å². The van der Waals surface area contributed by atoms with Gasteiger partial charge >= 0.3 is 25.7 Å². The SMILES string of the molecule is CCCCCCCCCC(=O)OC[C@@H](COP(=O)(O)OCC[N+](C)(C)C)OC(=O)CCCC(=O)Oc1ccc([N+](=O)[O-])cc1. The summed E-state index contributed by atoms with van der Waals surface area (Å²) in [6.07, 6.45) is 5.94. The number of likely N-dealkylation sites (N-methyl/N-ethyl adjacent to an activating group) is 1. The molecule has 1 unspecified atom stereocenters. The van der Waals surface area contributed by atoms with E-state index in [9.17, 15) is 34.0 Å². The van der Waals surface area contributed by atoms with Crippen LogP contribution in [0.2, 0.25) is 0 Å². The lowest BCUT2D eigenvalue weighted by Crippen LogP contribution is -2.37. The van der Waals surface area contributed by atoms with Crippen LogP contribution in [0.25, 0.3) is 0 Å². The van der Waals surface area contributed by atoms with Crippen LogP contribution in [0, 0.1) is 10.1 Å². The van der Waals surface area contributed by atoms with Crippen LogP contribution in [-0.2, 0) is 37.5 Å². The maximum Gasteiger partial charge on any atom is 0.472 e. The maximum atomic E-state index is 12.5. The van der Waals surface area contributed by atoms with Gasteiger partial charge in [0.15, 0.2) is 6.10 Å². The largest absolute Gasteiger partial charge is 0.472 e. The number of esters is 3. The summed E-state index contributed by atoms with van der Waals surface area (Å²) >= 11 is 0. The Kier molecular flexibility index (Phi) is 18.6. The van der Waals surface area contributed by atoms with Crippen LogP contribution >= 0.6 is 7.82 Å². The highest BCUT2D eigenvalue weighted by Crippen LogP contribution is 2.43. The molecule has 0 aliphatic carbocycles. The number of phosphoric ester groups is 1. The zero-order valence-electron chi connectivity index (χ0n) is 26.3. The predicted octanol–water partition coefficient (Wildman–Crippen LogP) is 5.11. The van der Waals surface area contributed by atoms with Crippen molar-refractivity contribution in [3.63, 3.8) is 0 Å². The number of benzene rings is 1. The average Bonchev–Trinajstić information content (AvgIpc) is 2.93. The van der Waals surface area contributed by atoms with Crippen LogP contribution in [0.1, 0.15) is 77.6 Å². The first kappa shape index (κ1) is 39.1. The van der Waals surface area contributed by atoms with Crippen LogP contribution in [0.4, 0.5) is 5.69 Å². The molecule has 14 nitrogen and oxygen atoms in total. The molecular formula is C29H48N2O12P+. The number of quaternary nitrogens is 1. The number of hydrogen-bond acceptors (Lipinski definition) is 11. The summed E-state index contributed by atoms with van der Waals surface area (Å²) in [5.74, 6) is -1.77. The van der Waals surface area contributed by atoms with Crippen LogP contribution in [0.15, 0.2) is 24.3 Å². The third-order valence-electron chi connectivity index (χ3n) is 6.19. The lowest BCUT2D eigenvalue weighted by atomic mass is 10.1. The van der Waals surface area contributed by atoms with Crippen LogP contribution < -0.4 is 4.74 Å². The van der Waals surface area contributed by atoms with Crippen molar-refractivity contribution >= 4 is 31.4 Å². The van der Waals surface area contributed by atoms with Crippen molar-refractivity contribution in [3.05, 3.63) is 34.4 Å². The van der Waals surface area contributed by atoms with Crippen LogP contribution in [0.3, 0.4) is 0 Å². The van der Waals surface area contributed by atoms with E-state index in [1.165, 1.54) is 37.1 Å². The topological polar surface area (TPSA) is 178 Å².